The van der Waals surface area contributed by atoms with Crippen LogP contribution >= 0.6 is 15.9 Å². The van der Waals surface area contributed by atoms with Crippen molar-refractivity contribution in [3.05, 3.63) is 37.8 Å². The van der Waals surface area contributed by atoms with Crippen LogP contribution < -0.4 is 0 Å². The Balaban J connectivity index is 3.37. The first-order valence-electron chi connectivity index (χ1n) is 4.04. The Morgan fingerprint density at radius 2 is 2.25 bits per heavy atom. The van der Waals surface area contributed by atoms with Gasteiger partial charge in [0.15, 0.2) is 0 Å². The van der Waals surface area contributed by atoms with Crippen molar-refractivity contribution in [1.82, 2.24) is 0 Å². The summed E-state index contributed by atoms with van der Waals surface area (Å²) in [5.41, 5.74) is -0.132. The number of carboxylic acid groups (broad SMARTS) is 1. The van der Waals surface area contributed by atoms with Gasteiger partial charge in [0, 0.05) is 16.1 Å². The molecule has 0 atom stereocenters. The molecule has 0 amide bonds. The fraction of sp³-hybridized carbons (Fsp3) is 0.111. The average Bonchev–Trinajstić information content (AvgIpc) is 2.19. The average molecular weight is 285 g/mol. The second kappa shape index (κ2) is 4.72. The van der Waals surface area contributed by atoms with Gasteiger partial charge in [-0.25, -0.2) is 0 Å². The molecule has 0 aliphatic rings. The minimum atomic E-state index is -1.19. The van der Waals surface area contributed by atoms with E-state index in [2.05, 4.69) is 15.9 Å². The Labute approximate surface area is 98.4 Å². The number of nitro benzene ring substituents is 1. The highest BCUT2D eigenvalue weighted by atomic mass is 79.9. The largest absolute Gasteiger partial charge is 0.481 e. The van der Waals surface area contributed by atoms with Gasteiger partial charge < -0.3 is 5.11 Å². The minimum absolute atomic E-state index is 0.0113. The number of halogens is 1. The normalized spacial score (nSPS) is 9.50. The van der Waals surface area contributed by atoms with Gasteiger partial charge in [-0.05, 0) is 22.0 Å². The lowest BCUT2D eigenvalue weighted by Gasteiger charge is -2.02. The monoisotopic (exact) mass is 284 g/mol. The molecule has 16 heavy (non-hydrogen) atoms. The second-order valence-corrected chi connectivity index (χ2v) is 3.75. The SMILES string of the molecule is N#Cc1cc(CC(=O)O)c([N+](=O)[O-])cc1Br. The molecular formula is C9H5BrN2O4. The quantitative estimate of drug-likeness (QED) is 0.674. The molecule has 0 aliphatic heterocycles. The Hall–Kier alpha value is -1.94. The van der Waals surface area contributed by atoms with Crippen LogP contribution in [0.15, 0.2) is 16.6 Å². The molecule has 1 N–H and O–H groups in total. The van der Waals surface area contributed by atoms with E-state index in [-0.39, 0.29) is 21.3 Å². The molecule has 0 fully saturated rings. The zero-order chi connectivity index (χ0) is 12.3. The van der Waals surface area contributed by atoms with Gasteiger partial charge in [0.1, 0.15) is 6.07 Å². The van der Waals surface area contributed by atoms with Crippen LogP contribution in [0.3, 0.4) is 0 Å². The van der Waals surface area contributed by atoms with Crippen LogP contribution in [-0.2, 0) is 11.2 Å². The first-order chi connectivity index (χ1) is 7.45. The molecule has 82 valence electrons. The van der Waals surface area contributed by atoms with Gasteiger partial charge in [-0.15, -0.1) is 0 Å². The highest BCUT2D eigenvalue weighted by molar-refractivity contribution is 9.10. The number of benzene rings is 1. The van der Waals surface area contributed by atoms with Crippen LogP contribution in [0.5, 0.6) is 0 Å². The van der Waals surface area contributed by atoms with Crippen LogP contribution in [0.1, 0.15) is 11.1 Å². The van der Waals surface area contributed by atoms with Crippen molar-refractivity contribution >= 4 is 27.6 Å². The maximum Gasteiger partial charge on any atom is 0.308 e. The highest BCUT2D eigenvalue weighted by Gasteiger charge is 2.19. The van der Waals surface area contributed by atoms with Gasteiger partial charge in [-0.2, -0.15) is 5.26 Å². The number of hydrogen-bond acceptors (Lipinski definition) is 4. The van der Waals surface area contributed by atoms with Crippen LogP contribution in [-0.4, -0.2) is 16.0 Å². The van der Waals surface area contributed by atoms with Gasteiger partial charge in [-0.3, -0.25) is 14.9 Å². The van der Waals surface area contributed by atoms with Crippen molar-refractivity contribution in [2.45, 2.75) is 6.42 Å². The lowest BCUT2D eigenvalue weighted by Crippen LogP contribution is -2.04. The molecule has 0 aliphatic carbocycles. The number of hydrogen-bond donors (Lipinski definition) is 1. The zero-order valence-electron chi connectivity index (χ0n) is 7.81. The molecule has 1 rings (SSSR count). The molecule has 0 heterocycles. The lowest BCUT2D eigenvalue weighted by molar-refractivity contribution is -0.385. The molecule has 0 radical (unpaired) electrons. The Kier molecular flexibility index (Phi) is 3.58. The van der Waals surface area contributed by atoms with E-state index in [9.17, 15) is 14.9 Å². The topological polar surface area (TPSA) is 104 Å². The van der Waals surface area contributed by atoms with Crippen molar-refractivity contribution in [3.63, 3.8) is 0 Å². The standard InChI is InChI=1S/C9H5BrN2O4/c10-7-3-8(12(15)16)5(2-9(13)14)1-6(7)4-11/h1,3H,2H2,(H,13,14). The van der Waals surface area contributed by atoms with Gasteiger partial charge in [0.25, 0.3) is 5.69 Å². The number of rotatable bonds is 3. The zero-order valence-corrected chi connectivity index (χ0v) is 9.39. The summed E-state index contributed by atoms with van der Waals surface area (Å²) >= 11 is 3.00. The van der Waals surface area contributed by atoms with E-state index in [1.165, 1.54) is 6.07 Å². The maximum absolute atomic E-state index is 10.7. The predicted octanol–water partition coefficient (Wildman–Crippen LogP) is 1.86. The number of nitro groups is 1. The van der Waals surface area contributed by atoms with E-state index in [4.69, 9.17) is 10.4 Å². The summed E-state index contributed by atoms with van der Waals surface area (Å²) in [5.74, 6) is -1.19. The third-order valence-corrected chi connectivity index (χ3v) is 2.48. The van der Waals surface area contributed by atoms with Crippen molar-refractivity contribution < 1.29 is 14.8 Å². The smallest absolute Gasteiger partial charge is 0.308 e. The van der Waals surface area contributed by atoms with Gasteiger partial charge in [-0.1, -0.05) is 0 Å². The maximum atomic E-state index is 10.7. The Bertz CT molecular complexity index is 507. The number of carboxylic acids is 1. The van der Waals surface area contributed by atoms with E-state index >= 15 is 0 Å². The van der Waals surface area contributed by atoms with Crippen LogP contribution in [0.4, 0.5) is 5.69 Å². The summed E-state index contributed by atoms with van der Waals surface area (Å²) in [6.45, 7) is 0. The lowest BCUT2D eigenvalue weighted by atomic mass is 10.1. The van der Waals surface area contributed by atoms with Crippen molar-refractivity contribution in [3.8, 4) is 6.07 Å². The third-order valence-electron chi connectivity index (χ3n) is 1.83. The van der Waals surface area contributed by atoms with Crippen molar-refractivity contribution in [1.29, 1.82) is 5.26 Å². The Morgan fingerprint density at radius 1 is 1.62 bits per heavy atom. The molecule has 0 spiro atoms. The van der Waals surface area contributed by atoms with E-state index in [0.717, 1.165) is 6.07 Å². The first-order valence-corrected chi connectivity index (χ1v) is 4.83. The van der Waals surface area contributed by atoms with Crippen LogP contribution in [0.2, 0.25) is 0 Å². The summed E-state index contributed by atoms with van der Waals surface area (Å²) in [6.07, 6.45) is -0.488. The molecule has 0 saturated carbocycles. The van der Waals surface area contributed by atoms with Crippen molar-refractivity contribution in [2.24, 2.45) is 0 Å². The summed E-state index contributed by atoms with van der Waals surface area (Å²) in [6, 6.07) is 4.15. The number of nitrogens with zero attached hydrogens (tertiary/aromatic N) is 2. The Morgan fingerprint density at radius 3 is 2.69 bits per heavy atom. The summed E-state index contributed by atoms with van der Waals surface area (Å²) in [5, 5.41) is 28.0. The molecule has 0 saturated heterocycles. The predicted molar refractivity (Wildman–Crippen MR) is 56.9 cm³/mol. The molecule has 7 heteroatoms. The molecular weight excluding hydrogens is 280 g/mol. The molecule has 1 aromatic rings. The van der Waals surface area contributed by atoms with E-state index in [0.29, 0.717) is 0 Å². The van der Waals surface area contributed by atoms with Gasteiger partial charge in [0.05, 0.1) is 16.9 Å². The highest BCUT2D eigenvalue weighted by Crippen LogP contribution is 2.27. The van der Waals surface area contributed by atoms with Crippen LogP contribution in [0, 0.1) is 21.4 Å². The third kappa shape index (κ3) is 2.55. The van der Waals surface area contributed by atoms with Gasteiger partial charge >= 0.3 is 5.97 Å². The van der Waals surface area contributed by atoms with E-state index in [1.807, 2.05) is 6.07 Å². The number of nitriles is 1. The number of carbonyl (C=O) groups is 1. The molecule has 0 aromatic heterocycles. The summed E-state index contributed by atoms with van der Waals surface area (Å²) in [7, 11) is 0. The summed E-state index contributed by atoms with van der Waals surface area (Å²) < 4.78 is 0.274. The fourth-order valence-electron chi connectivity index (χ4n) is 1.17. The van der Waals surface area contributed by atoms with E-state index in [1.54, 1.807) is 0 Å². The molecule has 6 nitrogen and oxygen atoms in total. The van der Waals surface area contributed by atoms with E-state index < -0.39 is 17.3 Å². The number of aliphatic carboxylic acids is 1. The molecule has 1 aromatic carbocycles. The molecule has 0 bridgehead atoms. The summed E-state index contributed by atoms with van der Waals surface area (Å²) in [4.78, 5) is 20.5. The molecule has 0 unspecified atom stereocenters. The van der Waals surface area contributed by atoms with Crippen LogP contribution in [0.25, 0.3) is 0 Å². The fourth-order valence-corrected chi connectivity index (χ4v) is 1.59. The van der Waals surface area contributed by atoms with Gasteiger partial charge in [0.2, 0.25) is 0 Å². The first kappa shape index (κ1) is 12.1. The minimum Gasteiger partial charge on any atom is -0.481 e. The second-order valence-electron chi connectivity index (χ2n) is 2.90. The van der Waals surface area contributed by atoms with Crippen molar-refractivity contribution in [2.75, 3.05) is 0 Å².